The van der Waals surface area contributed by atoms with E-state index in [1.165, 1.54) is 4.90 Å². The SMILES string of the molecule is COc1ccc([C@H]2O[C@@H](C(=O)O)[C@H](c3ccccc3)N2C(=O)c2ccccc2)cc1. The molecular weight excluding hydrogens is 382 g/mol. The summed E-state index contributed by atoms with van der Waals surface area (Å²) in [5.74, 6) is -0.758. The molecule has 4 rings (SSSR count). The van der Waals surface area contributed by atoms with Gasteiger partial charge in [0, 0.05) is 11.1 Å². The molecule has 3 aromatic rings. The van der Waals surface area contributed by atoms with E-state index in [9.17, 15) is 14.7 Å². The number of carbonyl (C=O) groups is 2. The maximum absolute atomic E-state index is 13.5. The predicted octanol–water partition coefficient (Wildman–Crippen LogP) is 4.06. The molecule has 1 amide bonds. The van der Waals surface area contributed by atoms with E-state index in [1.54, 1.807) is 55.6 Å². The van der Waals surface area contributed by atoms with Crippen LogP contribution in [0.1, 0.15) is 33.8 Å². The predicted molar refractivity (Wildman–Crippen MR) is 110 cm³/mol. The molecule has 1 saturated heterocycles. The summed E-state index contributed by atoms with van der Waals surface area (Å²) in [6.45, 7) is 0. The van der Waals surface area contributed by atoms with Crippen LogP contribution in [-0.4, -0.2) is 35.1 Å². The summed E-state index contributed by atoms with van der Waals surface area (Å²) >= 11 is 0. The molecule has 0 radical (unpaired) electrons. The van der Waals surface area contributed by atoms with Gasteiger partial charge in [-0.25, -0.2) is 4.79 Å². The molecule has 3 aromatic carbocycles. The Hall–Kier alpha value is -3.64. The van der Waals surface area contributed by atoms with Gasteiger partial charge >= 0.3 is 5.97 Å². The van der Waals surface area contributed by atoms with Crippen LogP contribution in [0, 0.1) is 0 Å². The fourth-order valence-electron chi connectivity index (χ4n) is 3.72. The first-order valence-electron chi connectivity index (χ1n) is 9.55. The molecule has 1 aliphatic heterocycles. The van der Waals surface area contributed by atoms with Crippen LogP contribution in [-0.2, 0) is 9.53 Å². The van der Waals surface area contributed by atoms with Gasteiger partial charge in [-0.1, -0.05) is 60.7 Å². The number of carboxylic acid groups (broad SMARTS) is 1. The van der Waals surface area contributed by atoms with Crippen molar-refractivity contribution in [3.05, 3.63) is 102 Å². The molecule has 1 aliphatic rings. The highest BCUT2D eigenvalue weighted by molar-refractivity contribution is 5.95. The van der Waals surface area contributed by atoms with Crippen LogP contribution in [0.5, 0.6) is 5.75 Å². The number of hydrogen-bond donors (Lipinski definition) is 1. The number of nitrogens with zero attached hydrogens (tertiary/aromatic N) is 1. The maximum Gasteiger partial charge on any atom is 0.335 e. The minimum absolute atomic E-state index is 0.297. The van der Waals surface area contributed by atoms with Gasteiger partial charge in [-0.3, -0.25) is 9.69 Å². The van der Waals surface area contributed by atoms with Crippen molar-refractivity contribution in [2.75, 3.05) is 7.11 Å². The van der Waals surface area contributed by atoms with E-state index in [1.807, 2.05) is 36.4 Å². The van der Waals surface area contributed by atoms with Gasteiger partial charge in [0.1, 0.15) is 5.75 Å². The molecule has 1 fully saturated rings. The number of aliphatic carboxylic acids is 1. The lowest BCUT2D eigenvalue weighted by Gasteiger charge is -2.29. The quantitative estimate of drug-likeness (QED) is 0.695. The topological polar surface area (TPSA) is 76.1 Å². The molecule has 0 saturated carbocycles. The van der Waals surface area contributed by atoms with Crippen molar-refractivity contribution >= 4 is 11.9 Å². The number of carboxylic acids is 1. The second kappa shape index (κ2) is 8.39. The van der Waals surface area contributed by atoms with E-state index in [2.05, 4.69) is 0 Å². The Morgan fingerprint density at radius 3 is 2.03 bits per heavy atom. The van der Waals surface area contributed by atoms with Crippen LogP contribution in [0.25, 0.3) is 0 Å². The van der Waals surface area contributed by atoms with Crippen LogP contribution >= 0.6 is 0 Å². The van der Waals surface area contributed by atoms with Crippen LogP contribution in [0.4, 0.5) is 0 Å². The Bertz CT molecular complexity index is 1020. The van der Waals surface area contributed by atoms with Crippen molar-refractivity contribution < 1.29 is 24.2 Å². The molecule has 3 atom stereocenters. The maximum atomic E-state index is 13.5. The monoisotopic (exact) mass is 403 g/mol. The van der Waals surface area contributed by atoms with Gasteiger partial charge in [0.05, 0.1) is 13.2 Å². The van der Waals surface area contributed by atoms with E-state index < -0.39 is 24.3 Å². The van der Waals surface area contributed by atoms with Crippen molar-refractivity contribution in [3.63, 3.8) is 0 Å². The first-order valence-corrected chi connectivity index (χ1v) is 9.55. The Balaban J connectivity index is 1.83. The summed E-state index contributed by atoms with van der Waals surface area (Å²) in [5.41, 5.74) is 1.83. The molecule has 152 valence electrons. The second-order valence-corrected chi connectivity index (χ2v) is 6.95. The molecule has 0 spiro atoms. The standard InChI is InChI=1S/C24H21NO5/c1-29-19-14-12-18(13-15-19)23-25(22(26)17-10-6-3-7-11-17)20(21(30-23)24(27)28)16-8-4-2-5-9-16/h2-15,20-21,23H,1H3,(H,27,28)/t20-,21+,23+/m0/s1. The number of amides is 1. The van der Waals surface area contributed by atoms with E-state index >= 15 is 0 Å². The molecule has 30 heavy (non-hydrogen) atoms. The summed E-state index contributed by atoms with van der Waals surface area (Å²) in [6, 6.07) is 24.2. The highest BCUT2D eigenvalue weighted by atomic mass is 16.6. The highest BCUT2D eigenvalue weighted by Crippen LogP contribution is 2.44. The van der Waals surface area contributed by atoms with E-state index in [0.29, 0.717) is 22.4 Å². The molecule has 1 N–H and O–H groups in total. The molecular formula is C24H21NO5. The number of rotatable bonds is 5. The van der Waals surface area contributed by atoms with Crippen LogP contribution in [0.15, 0.2) is 84.9 Å². The number of carbonyl (C=O) groups excluding carboxylic acids is 1. The molecule has 1 heterocycles. The molecule has 0 unspecified atom stereocenters. The molecule has 0 bridgehead atoms. The lowest BCUT2D eigenvalue weighted by molar-refractivity contribution is -0.150. The summed E-state index contributed by atoms with van der Waals surface area (Å²) in [6.07, 6.45) is -2.05. The summed E-state index contributed by atoms with van der Waals surface area (Å²) in [7, 11) is 1.57. The van der Waals surface area contributed by atoms with Gasteiger partial charge in [-0.05, 0) is 29.8 Å². The fraction of sp³-hybridized carbons (Fsp3) is 0.167. The summed E-state index contributed by atoms with van der Waals surface area (Å²) in [4.78, 5) is 27.1. The minimum atomic E-state index is -1.20. The highest BCUT2D eigenvalue weighted by Gasteiger charge is 2.49. The number of ether oxygens (including phenoxy) is 2. The third kappa shape index (κ3) is 3.65. The first-order chi connectivity index (χ1) is 14.6. The van der Waals surface area contributed by atoms with Crippen molar-refractivity contribution in [3.8, 4) is 5.75 Å². The molecule has 6 heteroatoms. The van der Waals surface area contributed by atoms with Crippen LogP contribution < -0.4 is 4.74 Å². The lowest BCUT2D eigenvalue weighted by atomic mass is 9.99. The third-order valence-corrected chi connectivity index (χ3v) is 5.16. The van der Waals surface area contributed by atoms with Gasteiger partial charge in [-0.2, -0.15) is 0 Å². The Morgan fingerprint density at radius 2 is 1.47 bits per heavy atom. The fourth-order valence-corrected chi connectivity index (χ4v) is 3.72. The zero-order valence-corrected chi connectivity index (χ0v) is 16.3. The average Bonchev–Trinajstić information content (AvgIpc) is 3.21. The van der Waals surface area contributed by atoms with E-state index in [-0.39, 0.29) is 5.91 Å². The zero-order chi connectivity index (χ0) is 21.1. The summed E-state index contributed by atoms with van der Waals surface area (Å²) < 4.78 is 11.2. The smallest absolute Gasteiger partial charge is 0.335 e. The van der Waals surface area contributed by atoms with Gasteiger partial charge < -0.3 is 14.6 Å². The van der Waals surface area contributed by atoms with Crippen molar-refractivity contribution in [1.82, 2.24) is 4.90 Å². The largest absolute Gasteiger partial charge is 0.497 e. The van der Waals surface area contributed by atoms with Gasteiger partial charge in [0.2, 0.25) is 0 Å². The van der Waals surface area contributed by atoms with Crippen LogP contribution in [0.2, 0.25) is 0 Å². The Morgan fingerprint density at radius 1 is 0.867 bits per heavy atom. The van der Waals surface area contributed by atoms with Crippen LogP contribution in [0.3, 0.4) is 0 Å². The molecule has 0 aliphatic carbocycles. The van der Waals surface area contributed by atoms with E-state index in [0.717, 1.165) is 0 Å². The lowest BCUT2D eigenvalue weighted by Crippen LogP contribution is -2.36. The first kappa shape index (κ1) is 19.7. The minimum Gasteiger partial charge on any atom is -0.497 e. The number of methoxy groups -OCH3 is 1. The third-order valence-electron chi connectivity index (χ3n) is 5.16. The Labute approximate surface area is 174 Å². The Kier molecular flexibility index (Phi) is 5.50. The van der Waals surface area contributed by atoms with Crippen molar-refractivity contribution in [2.45, 2.75) is 18.4 Å². The van der Waals surface area contributed by atoms with Gasteiger partial charge in [0.25, 0.3) is 5.91 Å². The van der Waals surface area contributed by atoms with Crippen molar-refractivity contribution in [2.24, 2.45) is 0 Å². The second-order valence-electron chi connectivity index (χ2n) is 6.95. The van der Waals surface area contributed by atoms with E-state index in [4.69, 9.17) is 9.47 Å². The van der Waals surface area contributed by atoms with Gasteiger partial charge in [0.15, 0.2) is 12.3 Å². The molecule has 0 aromatic heterocycles. The molecule has 6 nitrogen and oxygen atoms in total. The zero-order valence-electron chi connectivity index (χ0n) is 16.3. The average molecular weight is 403 g/mol. The summed E-state index contributed by atoms with van der Waals surface area (Å²) in [5, 5.41) is 9.88. The van der Waals surface area contributed by atoms with Gasteiger partial charge in [-0.15, -0.1) is 0 Å². The number of hydrogen-bond acceptors (Lipinski definition) is 4. The normalized spacial score (nSPS) is 20.7. The van der Waals surface area contributed by atoms with Crippen molar-refractivity contribution in [1.29, 1.82) is 0 Å². The number of benzene rings is 3.